The van der Waals surface area contributed by atoms with E-state index in [1.807, 2.05) is 65.4 Å². The largest absolute Gasteiger partial charge is 0.454 e. The van der Waals surface area contributed by atoms with Crippen LogP contribution in [-0.4, -0.2) is 46.0 Å². The topological polar surface area (TPSA) is 114 Å². The summed E-state index contributed by atoms with van der Waals surface area (Å²) in [6.07, 6.45) is 0.425. The first-order valence-corrected chi connectivity index (χ1v) is 13.0. The molecule has 36 heavy (non-hydrogen) atoms. The zero-order valence-electron chi connectivity index (χ0n) is 19.7. The van der Waals surface area contributed by atoms with E-state index in [-0.39, 0.29) is 25.4 Å². The van der Waals surface area contributed by atoms with Gasteiger partial charge >= 0.3 is 6.03 Å². The quantitative estimate of drug-likeness (QED) is 0.459. The third kappa shape index (κ3) is 6.54. The minimum Gasteiger partial charge on any atom is -0.454 e. The summed E-state index contributed by atoms with van der Waals surface area (Å²) in [6, 6.07) is 21.4. The predicted molar refractivity (Wildman–Crippen MR) is 136 cm³/mol. The molecule has 0 saturated carbocycles. The molecule has 2 N–H and O–H groups in total. The lowest BCUT2D eigenvalue weighted by molar-refractivity contribution is -0.120. The maximum atomic E-state index is 13.4. The van der Waals surface area contributed by atoms with E-state index in [4.69, 9.17) is 9.47 Å². The van der Waals surface area contributed by atoms with Crippen LogP contribution in [0.2, 0.25) is 0 Å². The first-order valence-electron chi connectivity index (χ1n) is 11.4. The number of urea groups is 1. The smallest absolute Gasteiger partial charge is 0.329 e. The highest BCUT2D eigenvalue weighted by Crippen LogP contribution is 2.35. The second-order valence-electron chi connectivity index (χ2n) is 8.31. The fraction of sp³-hybridized carbons (Fsp3) is 0.231. The number of carbonyl (C=O) groups is 2. The number of rotatable bonds is 9. The van der Waals surface area contributed by atoms with Gasteiger partial charge in [-0.25, -0.2) is 17.9 Å². The average molecular weight is 510 g/mol. The predicted octanol–water partition coefficient (Wildman–Crippen LogP) is 2.86. The Morgan fingerprint density at radius 3 is 2.25 bits per heavy atom. The molecule has 3 aromatic rings. The molecule has 1 unspecified atom stereocenters. The molecule has 0 radical (unpaired) electrons. The van der Waals surface area contributed by atoms with E-state index in [1.54, 1.807) is 25.2 Å². The average Bonchev–Trinajstić information content (AvgIpc) is 3.35. The number of aryl methyl sites for hydroxylation is 1. The van der Waals surface area contributed by atoms with Crippen LogP contribution in [0.1, 0.15) is 11.1 Å². The van der Waals surface area contributed by atoms with E-state index in [0.717, 1.165) is 11.1 Å². The number of fused-ring (bicyclic) bond motifs is 1. The second kappa shape index (κ2) is 11.1. The molecule has 0 saturated heterocycles. The highest BCUT2D eigenvalue weighted by atomic mass is 32.2. The molecule has 1 atom stereocenters. The van der Waals surface area contributed by atoms with E-state index < -0.39 is 28.0 Å². The van der Waals surface area contributed by atoms with Crippen molar-refractivity contribution in [3.63, 3.8) is 0 Å². The lowest BCUT2D eigenvalue weighted by Crippen LogP contribution is -2.52. The van der Waals surface area contributed by atoms with Crippen molar-refractivity contribution < 1.29 is 27.5 Å². The monoisotopic (exact) mass is 509 g/mol. The van der Waals surface area contributed by atoms with E-state index in [0.29, 0.717) is 17.2 Å². The van der Waals surface area contributed by atoms with Gasteiger partial charge in [-0.05, 0) is 29.7 Å². The molecule has 0 bridgehead atoms. The van der Waals surface area contributed by atoms with Crippen LogP contribution in [0.4, 0.5) is 10.5 Å². The van der Waals surface area contributed by atoms with Gasteiger partial charge < -0.3 is 19.7 Å². The summed E-state index contributed by atoms with van der Waals surface area (Å²) in [5.41, 5.74) is 2.19. The standard InChI is InChI=1S/C26H27N3O6S/c1-29(21-12-13-23-24(17-21)35-18-34-23)25(30)22(16-20-10-6-3-7-11-20)27-26(31)28-36(32,33)15-14-19-8-4-2-5-9-19/h2-13,17,22H,14-16,18H2,1H3,(H2,27,28,31). The molecular weight excluding hydrogens is 482 g/mol. The molecule has 9 nitrogen and oxygen atoms in total. The van der Waals surface area contributed by atoms with Crippen LogP contribution >= 0.6 is 0 Å². The number of benzene rings is 3. The number of hydrogen-bond donors (Lipinski definition) is 2. The minimum atomic E-state index is -3.92. The van der Waals surface area contributed by atoms with E-state index in [1.165, 1.54) is 4.90 Å². The number of sulfonamides is 1. The summed E-state index contributed by atoms with van der Waals surface area (Å²) in [5.74, 6) is 0.411. The fourth-order valence-electron chi connectivity index (χ4n) is 3.78. The second-order valence-corrected chi connectivity index (χ2v) is 10.1. The Morgan fingerprint density at radius 1 is 0.917 bits per heavy atom. The normalized spacial score (nSPS) is 13.0. The van der Waals surface area contributed by atoms with Crippen molar-refractivity contribution >= 4 is 27.6 Å². The van der Waals surface area contributed by atoms with Gasteiger partial charge in [-0.15, -0.1) is 0 Å². The number of anilines is 1. The summed E-state index contributed by atoms with van der Waals surface area (Å²) in [5, 5.41) is 2.55. The van der Waals surface area contributed by atoms with Gasteiger partial charge in [-0.3, -0.25) is 4.79 Å². The Hall–Kier alpha value is -4.05. The van der Waals surface area contributed by atoms with Crippen molar-refractivity contribution in [2.75, 3.05) is 24.5 Å². The Morgan fingerprint density at radius 2 is 1.56 bits per heavy atom. The fourth-order valence-corrected chi connectivity index (χ4v) is 4.73. The number of amides is 3. The minimum absolute atomic E-state index is 0.105. The van der Waals surface area contributed by atoms with Crippen LogP contribution in [0.5, 0.6) is 11.5 Å². The molecule has 0 fully saturated rings. The first kappa shape index (κ1) is 25.1. The van der Waals surface area contributed by atoms with Crippen LogP contribution in [0, 0.1) is 0 Å². The first-order chi connectivity index (χ1) is 17.3. The van der Waals surface area contributed by atoms with Crippen molar-refractivity contribution in [3.05, 3.63) is 90.0 Å². The van der Waals surface area contributed by atoms with Gasteiger partial charge in [0.1, 0.15) is 6.04 Å². The molecule has 0 aliphatic carbocycles. The summed E-state index contributed by atoms with van der Waals surface area (Å²) in [6.45, 7) is 0.105. The van der Waals surface area contributed by atoms with Crippen molar-refractivity contribution in [3.8, 4) is 11.5 Å². The lowest BCUT2D eigenvalue weighted by atomic mass is 10.0. The van der Waals surface area contributed by atoms with Gasteiger partial charge in [0.15, 0.2) is 11.5 Å². The van der Waals surface area contributed by atoms with E-state index >= 15 is 0 Å². The maximum absolute atomic E-state index is 13.4. The molecule has 3 aromatic carbocycles. The summed E-state index contributed by atoms with van der Waals surface area (Å²) >= 11 is 0. The Bertz CT molecular complexity index is 1320. The molecule has 0 spiro atoms. The van der Waals surface area contributed by atoms with Crippen LogP contribution < -0.4 is 24.4 Å². The number of likely N-dealkylation sites (N-methyl/N-ethyl adjacent to an activating group) is 1. The molecule has 188 valence electrons. The number of ether oxygens (including phenoxy) is 2. The molecule has 1 aliphatic heterocycles. The van der Waals surface area contributed by atoms with E-state index in [9.17, 15) is 18.0 Å². The van der Waals surface area contributed by atoms with Crippen molar-refractivity contribution in [2.24, 2.45) is 0 Å². The Balaban J connectivity index is 1.46. The lowest BCUT2D eigenvalue weighted by Gasteiger charge is -2.25. The molecule has 3 amide bonds. The molecular formula is C26H27N3O6S. The number of nitrogens with one attached hydrogen (secondary N) is 2. The number of nitrogens with zero attached hydrogens (tertiary/aromatic N) is 1. The third-order valence-corrected chi connectivity index (χ3v) is 6.95. The van der Waals surface area contributed by atoms with Crippen molar-refractivity contribution in [2.45, 2.75) is 18.9 Å². The summed E-state index contributed by atoms with van der Waals surface area (Å²) < 4.78 is 37.7. The van der Waals surface area contributed by atoms with Crippen molar-refractivity contribution in [1.29, 1.82) is 0 Å². The Kier molecular flexibility index (Phi) is 7.74. The summed E-state index contributed by atoms with van der Waals surface area (Å²) in [4.78, 5) is 27.5. The third-order valence-electron chi connectivity index (χ3n) is 5.71. The van der Waals surface area contributed by atoms with Crippen LogP contribution in [0.25, 0.3) is 0 Å². The summed E-state index contributed by atoms with van der Waals surface area (Å²) in [7, 11) is -2.34. The van der Waals surface area contributed by atoms with Gasteiger partial charge in [0, 0.05) is 25.2 Å². The zero-order valence-corrected chi connectivity index (χ0v) is 20.5. The Labute approximate surface area is 210 Å². The highest BCUT2D eigenvalue weighted by molar-refractivity contribution is 7.90. The SMILES string of the molecule is CN(C(=O)C(Cc1ccccc1)NC(=O)NS(=O)(=O)CCc1ccccc1)c1ccc2c(c1)OCO2. The molecule has 1 heterocycles. The molecule has 10 heteroatoms. The molecule has 1 aliphatic rings. The van der Waals surface area contributed by atoms with Crippen molar-refractivity contribution in [1.82, 2.24) is 10.0 Å². The van der Waals surface area contributed by atoms with Gasteiger partial charge in [-0.1, -0.05) is 60.7 Å². The van der Waals surface area contributed by atoms with Gasteiger partial charge in [0.2, 0.25) is 22.7 Å². The molecule has 4 rings (SSSR count). The van der Waals surface area contributed by atoms with Crippen LogP contribution in [0.3, 0.4) is 0 Å². The zero-order chi connectivity index (χ0) is 25.5. The van der Waals surface area contributed by atoms with Crippen LogP contribution in [-0.2, 0) is 27.7 Å². The van der Waals surface area contributed by atoms with Crippen LogP contribution in [0.15, 0.2) is 78.9 Å². The number of carbonyl (C=O) groups excluding carboxylic acids is 2. The van der Waals surface area contributed by atoms with Gasteiger partial charge in [0.25, 0.3) is 0 Å². The molecule has 0 aromatic heterocycles. The number of hydrogen-bond acceptors (Lipinski definition) is 6. The van der Waals surface area contributed by atoms with Gasteiger partial charge in [-0.2, -0.15) is 0 Å². The highest BCUT2D eigenvalue weighted by Gasteiger charge is 2.28. The van der Waals surface area contributed by atoms with E-state index in [2.05, 4.69) is 5.32 Å². The maximum Gasteiger partial charge on any atom is 0.329 e. The van der Waals surface area contributed by atoms with Gasteiger partial charge in [0.05, 0.1) is 5.75 Å².